The monoisotopic (exact) mass is 282 g/mol. The Balaban J connectivity index is 2.54. The molecule has 1 heterocycles. The van der Waals surface area contributed by atoms with E-state index in [1.165, 1.54) is 7.05 Å². The molecule has 0 bridgehead atoms. The molecule has 1 saturated heterocycles. The number of hydrogen-bond acceptors (Lipinski definition) is 2. The van der Waals surface area contributed by atoms with Crippen molar-refractivity contribution in [1.29, 1.82) is 0 Å². The molecule has 0 aromatic carbocycles. The number of urea groups is 1. The van der Waals surface area contributed by atoms with E-state index < -0.39 is 24.1 Å². The largest absolute Gasteiger partial charge is 0.481 e. The highest BCUT2D eigenvalue weighted by Gasteiger charge is 2.43. The molecule has 2 amide bonds. The molecule has 0 aromatic heterocycles. The minimum atomic E-state index is -4.29. The van der Waals surface area contributed by atoms with E-state index in [1.807, 2.05) is 0 Å². The second-order valence-electron chi connectivity index (χ2n) is 4.67. The summed E-state index contributed by atoms with van der Waals surface area (Å²) in [7, 11) is 1.39. The van der Waals surface area contributed by atoms with Crippen molar-refractivity contribution in [1.82, 2.24) is 9.80 Å². The normalized spacial score (nSPS) is 20.2. The highest BCUT2D eigenvalue weighted by atomic mass is 19.4. The maximum Gasteiger partial charge on any atom is 0.393 e. The van der Waals surface area contributed by atoms with E-state index in [0.29, 0.717) is 6.42 Å². The van der Waals surface area contributed by atoms with E-state index in [2.05, 4.69) is 0 Å². The van der Waals surface area contributed by atoms with E-state index in [4.69, 9.17) is 5.11 Å². The molecular formula is C11H17F3N2O3. The molecule has 0 aliphatic carbocycles. The number of alkyl halides is 3. The van der Waals surface area contributed by atoms with Crippen LogP contribution in [0, 0.1) is 5.92 Å². The molecule has 1 fully saturated rings. The van der Waals surface area contributed by atoms with Gasteiger partial charge in [0.1, 0.15) is 0 Å². The fourth-order valence-corrected chi connectivity index (χ4v) is 2.02. The molecule has 1 aliphatic rings. The number of carboxylic acid groups (broad SMARTS) is 1. The lowest BCUT2D eigenvalue weighted by Gasteiger charge is -2.35. The molecule has 1 atom stereocenters. The molecule has 0 aromatic rings. The van der Waals surface area contributed by atoms with Gasteiger partial charge in [-0.3, -0.25) is 4.79 Å². The predicted molar refractivity (Wildman–Crippen MR) is 60.6 cm³/mol. The average molecular weight is 282 g/mol. The Morgan fingerprint density at radius 3 is 2.58 bits per heavy atom. The molecular weight excluding hydrogens is 265 g/mol. The van der Waals surface area contributed by atoms with E-state index in [0.717, 1.165) is 9.80 Å². The van der Waals surface area contributed by atoms with Gasteiger partial charge in [-0.2, -0.15) is 13.2 Å². The van der Waals surface area contributed by atoms with Gasteiger partial charge in [0.25, 0.3) is 0 Å². The highest BCUT2D eigenvalue weighted by molar-refractivity contribution is 5.75. The Kier molecular flexibility index (Phi) is 5.02. The lowest BCUT2D eigenvalue weighted by atomic mass is 9.98. The molecule has 19 heavy (non-hydrogen) atoms. The van der Waals surface area contributed by atoms with Gasteiger partial charge in [-0.1, -0.05) is 0 Å². The van der Waals surface area contributed by atoms with E-state index >= 15 is 0 Å². The summed E-state index contributed by atoms with van der Waals surface area (Å²) in [6, 6.07) is -0.546. The first-order chi connectivity index (χ1) is 8.71. The number of carbonyl (C=O) groups excluding carboxylic acids is 1. The first-order valence-electron chi connectivity index (χ1n) is 6.00. The van der Waals surface area contributed by atoms with Crippen LogP contribution in [0.1, 0.15) is 19.3 Å². The van der Waals surface area contributed by atoms with Crippen molar-refractivity contribution in [3.05, 3.63) is 0 Å². The van der Waals surface area contributed by atoms with Crippen LogP contribution in [0.4, 0.5) is 18.0 Å². The van der Waals surface area contributed by atoms with Crippen molar-refractivity contribution in [3.63, 3.8) is 0 Å². The van der Waals surface area contributed by atoms with Gasteiger partial charge in [0.2, 0.25) is 0 Å². The number of carbonyl (C=O) groups is 2. The number of nitrogens with zero attached hydrogens (tertiary/aromatic N) is 2. The molecule has 1 N–H and O–H groups in total. The van der Waals surface area contributed by atoms with Gasteiger partial charge >= 0.3 is 18.2 Å². The molecule has 0 saturated carbocycles. The number of halogens is 3. The lowest BCUT2D eigenvalue weighted by molar-refractivity contribution is -0.184. The second kappa shape index (κ2) is 6.12. The SMILES string of the molecule is CN(CCC(=O)O)C(=O)N1CCCC(C(F)(F)F)C1. The van der Waals surface area contributed by atoms with Crippen molar-refractivity contribution in [2.75, 3.05) is 26.7 Å². The van der Waals surface area contributed by atoms with Crippen LogP contribution in [-0.2, 0) is 4.79 Å². The smallest absolute Gasteiger partial charge is 0.393 e. The summed E-state index contributed by atoms with van der Waals surface area (Å²) in [6.07, 6.45) is -4.17. The summed E-state index contributed by atoms with van der Waals surface area (Å²) in [6.45, 7) is -0.0794. The van der Waals surface area contributed by atoms with Crippen LogP contribution in [-0.4, -0.2) is 59.8 Å². The van der Waals surface area contributed by atoms with E-state index in [-0.39, 0.29) is 32.5 Å². The average Bonchev–Trinajstić information content (AvgIpc) is 2.34. The zero-order valence-electron chi connectivity index (χ0n) is 10.6. The summed E-state index contributed by atoms with van der Waals surface area (Å²) >= 11 is 0. The minimum Gasteiger partial charge on any atom is -0.481 e. The lowest BCUT2D eigenvalue weighted by Crippen LogP contribution is -2.49. The molecule has 0 spiro atoms. The van der Waals surface area contributed by atoms with Crippen LogP contribution in [0.2, 0.25) is 0 Å². The van der Waals surface area contributed by atoms with E-state index in [1.54, 1.807) is 0 Å². The zero-order valence-corrected chi connectivity index (χ0v) is 10.6. The zero-order chi connectivity index (χ0) is 14.6. The van der Waals surface area contributed by atoms with Crippen LogP contribution >= 0.6 is 0 Å². The van der Waals surface area contributed by atoms with Gasteiger partial charge in [0.15, 0.2) is 0 Å². The highest BCUT2D eigenvalue weighted by Crippen LogP contribution is 2.33. The Morgan fingerprint density at radius 1 is 1.42 bits per heavy atom. The van der Waals surface area contributed by atoms with Gasteiger partial charge in [0, 0.05) is 26.7 Å². The van der Waals surface area contributed by atoms with Crippen LogP contribution in [0.3, 0.4) is 0 Å². The number of amides is 2. The molecule has 8 heteroatoms. The Hall–Kier alpha value is -1.47. The van der Waals surface area contributed by atoms with Gasteiger partial charge in [-0.15, -0.1) is 0 Å². The van der Waals surface area contributed by atoms with Gasteiger partial charge in [-0.25, -0.2) is 4.79 Å². The number of hydrogen-bond donors (Lipinski definition) is 1. The maximum atomic E-state index is 12.6. The van der Waals surface area contributed by atoms with Gasteiger partial charge in [0.05, 0.1) is 12.3 Å². The number of carboxylic acids is 1. The molecule has 0 radical (unpaired) electrons. The second-order valence-corrected chi connectivity index (χ2v) is 4.67. The quantitative estimate of drug-likeness (QED) is 0.858. The topological polar surface area (TPSA) is 60.9 Å². The van der Waals surface area contributed by atoms with Gasteiger partial charge in [-0.05, 0) is 12.8 Å². The van der Waals surface area contributed by atoms with Crippen molar-refractivity contribution in [3.8, 4) is 0 Å². The number of rotatable bonds is 3. The Morgan fingerprint density at radius 2 is 2.05 bits per heavy atom. The first-order valence-corrected chi connectivity index (χ1v) is 6.00. The third kappa shape index (κ3) is 4.60. The molecule has 1 rings (SSSR count). The summed E-state index contributed by atoms with van der Waals surface area (Å²) in [5.74, 6) is -2.54. The summed E-state index contributed by atoms with van der Waals surface area (Å²) in [4.78, 5) is 24.5. The van der Waals surface area contributed by atoms with Crippen molar-refractivity contribution >= 4 is 12.0 Å². The molecule has 110 valence electrons. The summed E-state index contributed by atoms with van der Waals surface area (Å²) in [5.41, 5.74) is 0. The summed E-state index contributed by atoms with van der Waals surface area (Å²) in [5, 5.41) is 8.50. The van der Waals surface area contributed by atoms with Crippen LogP contribution in [0.25, 0.3) is 0 Å². The summed E-state index contributed by atoms with van der Waals surface area (Å²) < 4.78 is 37.8. The number of piperidine rings is 1. The van der Waals surface area contributed by atoms with Gasteiger partial charge < -0.3 is 14.9 Å². The number of aliphatic carboxylic acids is 1. The predicted octanol–water partition coefficient (Wildman–Crippen LogP) is 1.79. The molecule has 1 unspecified atom stereocenters. The third-order valence-electron chi connectivity index (χ3n) is 3.14. The van der Waals surface area contributed by atoms with Crippen molar-refractivity contribution < 1.29 is 27.9 Å². The third-order valence-corrected chi connectivity index (χ3v) is 3.14. The number of likely N-dealkylation sites (tertiary alicyclic amines) is 1. The van der Waals surface area contributed by atoms with Crippen LogP contribution < -0.4 is 0 Å². The Labute approximate surface area is 109 Å². The Bertz CT molecular complexity index is 347. The van der Waals surface area contributed by atoms with Crippen LogP contribution in [0.5, 0.6) is 0 Å². The van der Waals surface area contributed by atoms with Crippen molar-refractivity contribution in [2.24, 2.45) is 5.92 Å². The minimum absolute atomic E-state index is 0.0125. The van der Waals surface area contributed by atoms with E-state index in [9.17, 15) is 22.8 Å². The fraction of sp³-hybridized carbons (Fsp3) is 0.818. The van der Waals surface area contributed by atoms with Crippen LogP contribution in [0.15, 0.2) is 0 Å². The van der Waals surface area contributed by atoms with Crippen molar-refractivity contribution in [2.45, 2.75) is 25.4 Å². The fourth-order valence-electron chi connectivity index (χ4n) is 2.02. The first kappa shape index (κ1) is 15.6. The maximum absolute atomic E-state index is 12.6. The standard InChI is InChI=1S/C11H17F3N2O3/c1-15(6-4-9(17)18)10(19)16-5-2-3-8(7-16)11(12,13)14/h8H,2-7H2,1H3,(H,17,18). The molecule has 5 nitrogen and oxygen atoms in total. The molecule has 1 aliphatic heterocycles.